The Morgan fingerprint density at radius 2 is 1.61 bits per heavy atom. The fraction of sp³-hybridized carbons (Fsp3) is 0.174. The van der Waals surface area contributed by atoms with Crippen LogP contribution in [0.25, 0.3) is 0 Å². The lowest BCUT2D eigenvalue weighted by molar-refractivity contribution is -0.140. The van der Waals surface area contributed by atoms with Crippen LogP contribution >= 0.6 is 0 Å². The maximum absolute atomic E-state index is 13.2. The Morgan fingerprint density at radius 1 is 0.970 bits per heavy atom. The van der Waals surface area contributed by atoms with Crippen LogP contribution in [0, 0.1) is 6.92 Å². The van der Waals surface area contributed by atoms with Crippen LogP contribution < -0.4 is 9.46 Å². The van der Waals surface area contributed by atoms with Gasteiger partial charge in [-0.05, 0) is 55.0 Å². The number of benzene rings is 3. The van der Waals surface area contributed by atoms with Crippen LogP contribution in [0.1, 0.15) is 16.7 Å². The van der Waals surface area contributed by atoms with E-state index in [9.17, 15) is 26.4 Å². The molecule has 6 nitrogen and oxygen atoms in total. The van der Waals surface area contributed by atoms with Crippen molar-refractivity contribution in [3.8, 4) is 11.5 Å². The number of hydrogen-bond donors (Lipinski definition) is 1. The zero-order chi connectivity index (χ0) is 24.2. The number of ether oxygens (including phenoxy) is 2. The van der Waals surface area contributed by atoms with Crippen molar-refractivity contribution in [3.05, 3.63) is 83.4 Å². The van der Waals surface area contributed by atoms with Crippen LogP contribution in [0.2, 0.25) is 0 Å². The third kappa shape index (κ3) is 6.26. The molecule has 0 spiro atoms. The number of sulfonamides is 1. The molecule has 10 heteroatoms. The first-order valence-corrected chi connectivity index (χ1v) is 11.1. The van der Waals surface area contributed by atoms with Gasteiger partial charge in [0, 0.05) is 0 Å². The lowest BCUT2D eigenvalue weighted by Crippen LogP contribution is -2.15. The van der Waals surface area contributed by atoms with E-state index in [4.69, 9.17) is 4.74 Å². The zero-order valence-electron chi connectivity index (χ0n) is 17.6. The first-order valence-electron chi connectivity index (χ1n) is 9.62. The van der Waals surface area contributed by atoms with Gasteiger partial charge in [-0.3, -0.25) is 9.52 Å². The predicted molar refractivity (Wildman–Crippen MR) is 116 cm³/mol. The molecule has 0 aromatic heterocycles. The highest BCUT2D eigenvalue weighted by molar-refractivity contribution is 7.92. The van der Waals surface area contributed by atoms with Gasteiger partial charge in [0.2, 0.25) is 0 Å². The van der Waals surface area contributed by atoms with E-state index >= 15 is 0 Å². The molecule has 0 aliphatic carbocycles. The second-order valence-corrected chi connectivity index (χ2v) is 8.81. The molecule has 3 aromatic rings. The van der Waals surface area contributed by atoms with E-state index < -0.39 is 27.7 Å². The third-order valence-corrected chi connectivity index (χ3v) is 5.99. The predicted octanol–water partition coefficient (Wildman–Crippen LogP) is 5.32. The first-order chi connectivity index (χ1) is 15.5. The summed E-state index contributed by atoms with van der Waals surface area (Å²) in [5.41, 5.74) is 0.0588. The number of rotatable bonds is 7. The van der Waals surface area contributed by atoms with Crippen molar-refractivity contribution in [1.29, 1.82) is 0 Å². The number of aryl methyl sites for hydroxylation is 1. The fourth-order valence-corrected chi connectivity index (χ4v) is 3.90. The highest BCUT2D eigenvalue weighted by Crippen LogP contribution is 2.37. The van der Waals surface area contributed by atoms with E-state index in [1.54, 1.807) is 31.2 Å². The molecular formula is C23H20F3NO5S. The lowest BCUT2D eigenvalue weighted by atomic mass is 10.1. The van der Waals surface area contributed by atoms with Gasteiger partial charge in [0.15, 0.2) is 5.75 Å². The minimum absolute atomic E-state index is 0.0403. The number of halogens is 3. The smallest absolute Gasteiger partial charge is 0.416 e. The van der Waals surface area contributed by atoms with E-state index in [1.807, 2.05) is 0 Å². The lowest BCUT2D eigenvalue weighted by Gasteiger charge is -2.16. The van der Waals surface area contributed by atoms with Crippen LogP contribution in [-0.4, -0.2) is 21.5 Å². The maximum Gasteiger partial charge on any atom is 0.416 e. The average molecular weight is 479 g/mol. The van der Waals surface area contributed by atoms with Crippen LogP contribution in [-0.2, 0) is 32.2 Å². The van der Waals surface area contributed by atoms with Gasteiger partial charge in [0.25, 0.3) is 10.0 Å². The SMILES string of the molecule is COC(=O)Cc1ccc(Oc2ccc(C(F)(F)F)cc2NS(=O)(=O)c2ccc(C)cc2)cc1. The molecule has 0 saturated heterocycles. The van der Waals surface area contributed by atoms with Crippen molar-refractivity contribution in [1.82, 2.24) is 0 Å². The molecule has 0 bridgehead atoms. The average Bonchev–Trinajstić information content (AvgIpc) is 2.75. The molecule has 0 saturated carbocycles. The normalized spacial score (nSPS) is 11.7. The number of nitrogens with one attached hydrogen (secondary N) is 1. The molecule has 3 aromatic carbocycles. The van der Waals surface area contributed by atoms with Crippen molar-refractivity contribution in [2.24, 2.45) is 0 Å². The van der Waals surface area contributed by atoms with Gasteiger partial charge in [-0.2, -0.15) is 13.2 Å². The Bertz CT molecular complexity index is 1240. The second-order valence-electron chi connectivity index (χ2n) is 7.13. The number of carbonyl (C=O) groups excluding carboxylic acids is 1. The molecule has 3 rings (SSSR count). The van der Waals surface area contributed by atoms with Gasteiger partial charge in [-0.15, -0.1) is 0 Å². The molecule has 0 unspecified atom stereocenters. The van der Waals surface area contributed by atoms with Crippen LogP contribution in [0.15, 0.2) is 71.6 Å². The van der Waals surface area contributed by atoms with E-state index in [0.717, 1.165) is 17.7 Å². The Labute approximate surface area is 189 Å². The summed E-state index contributed by atoms with van der Waals surface area (Å²) in [5.74, 6) is -0.322. The third-order valence-electron chi connectivity index (χ3n) is 4.61. The van der Waals surface area contributed by atoms with Gasteiger partial charge >= 0.3 is 12.1 Å². The number of alkyl halides is 3. The monoisotopic (exact) mass is 479 g/mol. The molecule has 0 aliphatic rings. The summed E-state index contributed by atoms with van der Waals surface area (Å²) in [4.78, 5) is 11.3. The van der Waals surface area contributed by atoms with Crippen molar-refractivity contribution in [3.63, 3.8) is 0 Å². The molecular weight excluding hydrogens is 459 g/mol. The molecule has 0 heterocycles. The van der Waals surface area contributed by atoms with Gasteiger partial charge in [-0.1, -0.05) is 29.8 Å². The Morgan fingerprint density at radius 3 is 2.18 bits per heavy atom. The topological polar surface area (TPSA) is 81.7 Å². The summed E-state index contributed by atoms with van der Waals surface area (Å²) >= 11 is 0. The summed E-state index contributed by atoms with van der Waals surface area (Å²) in [5, 5.41) is 0. The van der Waals surface area contributed by atoms with Gasteiger partial charge in [0.05, 0.1) is 29.7 Å². The van der Waals surface area contributed by atoms with Crippen LogP contribution in [0.5, 0.6) is 11.5 Å². The molecule has 174 valence electrons. The summed E-state index contributed by atoms with van der Waals surface area (Å²) in [7, 11) is -2.91. The minimum atomic E-state index is -4.68. The van der Waals surface area contributed by atoms with E-state index in [0.29, 0.717) is 11.6 Å². The van der Waals surface area contributed by atoms with Crippen molar-refractivity contribution >= 4 is 21.7 Å². The first kappa shape index (κ1) is 24.1. The Kier molecular flexibility index (Phi) is 6.97. The number of hydrogen-bond acceptors (Lipinski definition) is 5. The van der Waals surface area contributed by atoms with Gasteiger partial charge in [0.1, 0.15) is 5.75 Å². The van der Waals surface area contributed by atoms with Gasteiger partial charge < -0.3 is 9.47 Å². The molecule has 0 radical (unpaired) electrons. The van der Waals surface area contributed by atoms with Crippen LogP contribution in [0.4, 0.5) is 18.9 Å². The highest BCUT2D eigenvalue weighted by atomic mass is 32.2. The second kappa shape index (κ2) is 9.53. The van der Waals surface area contributed by atoms with Gasteiger partial charge in [-0.25, -0.2) is 8.42 Å². The van der Waals surface area contributed by atoms with Crippen molar-refractivity contribution in [2.45, 2.75) is 24.4 Å². The number of methoxy groups -OCH3 is 1. The van der Waals surface area contributed by atoms with Crippen molar-refractivity contribution < 1.29 is 35.9 Å². The molecule has 0 fully saturated rings. The molecule has 1 N–H and O–H groups in total. The quantitative estimate of drug-likeness (QED) is 0.464. The number of anilines is 1. The summed E-state index contributed by atoms with van der Waals surface area (Å²) in [6.07, 6.45) is -4.64. The maximum atomic E-state index is 13.2. The van der Waals surface area contributed by atoms with E-state index in [-0.39, 0.29) is 28.5 Å². The van der Waals surface area contributed by atoms with E-state index in [1.165, 1.54) is 31.4 Å². The molecule has 0 atom stereocenters. The number of carbonyl (C=O) groups is 1. The standard InChI is InChI=1S/C23H20F3NO5S/c1-15-3-10-19(11-4-15)33(29,30)27-20-14-17(23(24,25)26)7-12-21(20)32-18-8-5-16(6-9-18)13-22(28)31-2/h3-12,14,27H,13H2,1-2H3. The number of esters is 1. The Hall–Kier alpha value is -3.53. The molecule has 33 heavy (non-hydrogen) atoms. The summed E-state index contributed by atoms with van der Waals surface area (Å²) < 4.78 is 77.7. The Balaban J connectivity index is 1.93. The fourth-order valence-electron chi connectivity index (χ4n) is 2.84. The largest absolute Gasteiger partial charge is 0.469 e. The van der Waals surface area contributed by atoms with Crippen molar-refractivity contribution in [2.75, 3.05) is 11.8 Å². The highest BCUT2D eigenvalue weighted by Gasteiger charge is 2.32. The molecule has 0 amide bonds. The zero-order valence-corrected chi connectivity index (χ0v) is 18.5. The van der Waals surface area contributed by atoms with Crippen LogP contribution in [0.3, 0.4) is 0 Å². The van der Waals surface area contributed by atoms with E-state index in [2.05, 4.69) is 9.46 Å². The summed E-state index contributed by atoms with van der Waals surface area (Å²) in [6.45, 7) is 1.78. The minimum Gasteiger partial charge on any atom is -0.469 e. The summed E-state index contributed by atoms with van der Waals surface area (Å²) in [6, 6.07) is 14.6. The molecule has 0 aliphatic heterocycles.